The van der Waals surface area contributed by atoms with Crippen molar-refractivity contribution < 1.29 is 14.6 Å². The van der Waals surface area contributed by atoms with Crippen molar-refractivity contribution in [2.75, 3.05) is 13.2 Å². The Labute approximate surface area is 66.3 Å². The first-order chi connectivity index (χ1) is 5.12. The smallest absolute Gasteiger partial charge is 0.168 e. The number of aliphatic hydroxyl groups is 1. The molecule has 0 spiro atoms. The minimum Gasteiger partial charge on any atom is -0.390 e. The van der Waals surface area contributed by atoms with Gasteiger partial charge in [-0.2, -0.15) is 0 Å². The quantitative estimate of drug-likeness (QED) is 0.641. The van der Waals surface area contributed by atoms with Gasteiger partial charge in [0.15, 0.2) is 5.79 Å². The molecule has 2 fully saturated rings. The minimum absolute atomic E-state index is 0.473. The predicted octanol–water partition coefficient (Wildman–Crippen LogP) is 0.664. The van der Waals surface area contributed by atoms with E-state index in [4.69, 9.17) is 9.47 Å². The Bertz CT molecular complexity index is 157. The average molecular weight is 158 g/mol. The van der Waals surface area contributed by atoms with Crippen LogP contribution in [0, 0.1) is 0 Å². The largest absolute Gasteiger partial charge is 0.390 e. The van der Waals surface area contributed by atoms with Crippen molar-refractivity contribution >= 4 is 0 Å². The summed E-state index contributed by atoms with van der Waals surface area (Å²) in [5.41, 5.74) is -0.473. The monoisotopic (exact) mass is 158 g/mol. The maximum atomic E-state index is 9.59. The topological polar surface area (TPSA) is 38.7 Å². The molecule has 0 atom stereocenters. The predicted molar refractivity (Wildman–Crippen MR) is 39.1 cm³/mol. The second-order valence-corrected chi connectivity index (χ2v) is 3.73. The van der Waals surface area contributed by atoms with Crippen LogP contribution in [0.15, 0.2) is 0 Å². The first kappa shape index (κ1) is 7.53. The molecule has 1 saturated heterocycles. The van der Waals surface area contributed by atoms with E-state index in [1.807, 2.05) is 6.92 Å². The highest BCUT2D eigenvalue weighted by Gasteiger charge is 2.48. The van der Waals surface area contributed by atoms with Crippen LogP contribution >= 0.6 is 0 Å². The molecule has 1 saturated carbocycles. The van der Waals surface area contributed by atoms with Gasteiger partial charge in [0.05, 0.1) is 18.8 Å². The lowest BCUT2D eigenvalue weighted by molar-refractivity contribution is -0.166. The third-order valence-corrected chi connectivity index (χ3v) is 2.38. The van der Waals surface area contributed by atoms with E-state index in [2.05, 4.69) is 0 Å². The summed E-state index contributed by atoms with van der Waals surface area (Å²) in [6, 6.07) is 0. The van der Waals surface area contributed by atoms with E-state index in [-0.39, 0.29) is 0 Å². The van der Waals surface area contributed by atoms with Crippen LogP contribution in [0.1, 0.15) is 26.2 Å². The van der Waals surface area contributed by atoms with E-state index in [0.717, 1.165) is 12.8 Å². The van der Waals surface area contributed by atoms with Crippen LogP contribution in [-0.4, -0.2) is 29.7 Å². The number of hydrogen-bond donors (Lipinski definition) is 1. The van der Waals surface area contributed by atoms with Crippen molar-refractivity contribution in [2.45, 2.75) is 37.6 Å². The van der Waals surface area contributed by atoms with Gasteiger partial charge in [0.1, 0.15) is 0 Å². The molecule has 0 aromatic rings. The molecule has 0 unspecified atom stereocenters. The van der Waals surface area contributed by atoms with Gasteiger partial charge in [-0.3, -0.25) is 0 Å². The van der Waals surface area contributed by atoms with E-state index >= 15 is 0 Å². The van der Waals surface area contributed by atoms with E-state index in [1.54, 1.807) is 0 Å². The molecular formula is C8H14O3. The molecule has 1 aliphatic carbocycles. The van der Waals surface area contributed by atoms with Gasteiger partial charge in [-0.05, 0) is 19.8 Å². The number of rotatable bonds is 2. The molecule has 0 radical (unpaired) electrons. The molecule has 1 N–H and O–H groups in total. The minimum atomic E-state index is -0.509. The highest BCUT2D eigenvalue weighted by atomic mass is 16.7. The van der Waals surface area contributed by atoms with Gasteiger partial charge in [0, 0.05) is 6.42 Å². The lowest BCUT2D eigenvalue weighted by Crippen LogP contribution is -2.32. The number of hydrogen-bond acceptors (Lipinski definition) is 3. The molecule has 0 aromatic carbocycles. The van der Waals surface area contributed by atoms with Crippen LogP contribution in [0.5, 0.6) is 0 Å². The Balaban J connectivity index is 1.92. The summed E-state index contributed by atoms with van der Waals surface area (Å²) in [6.45, 7) is 3.22. The summed E-state index contributed by atoms with van der Waals surface area (Å²) in [5, 5.41) is 9.59. The molecule has 1 heterocycles. The third kappa shape index (κ3) is 1.55. The Kier molecular flexibility index (Phi) is 1.50. The first-order valence-electron chi connectivity index (χ1n) is 4.12. The molecule has 0 bridgehead atoms. The van der Waals surface area contributed by atoms with E-state index in [0.29, 0.717) is 19.6 Å². The molecule has 3 nitrogen and oxygen atoms in total. The van der Waals surface area contributed by atoms with Gasteiger partial charge >= 0.3 is 0 Å². The van der Waals surface area contributed by atoms with Crippen LogP contribution < -0.4 is 0 Å². The van der Waals surface area contributed by atoms with E-state index < -0.39 is 11.4 Å². The molecule has 2 aliphatic rings. The van der Waals surface area contributed by atoms with Gasteiger partial charge in [-0.15, -0.1) is 0 Å². The highest BCUT2D eigenvalue weighted by Crippen LogP contribution is 2.43. The van der Waals surface area contributed by atoms with E-state index in [9.17, 15) is 5.11 Å². The Morgan fingerprint density at radius 2 is 1.82 bits per heavy atom. The second kappa shape index (κ2) is 2.19. The third-order valence-electron chi connectivity index (χ3n) is 2.38. The van der Waals surface area contributed by atoms with Gasteiger partial charge < -0.3 is 14.6 Å². The highest BCUT2D eigenvalue weighted by molar-refractivity contribution is 4.97. The summed E-state index contributed by atoms with van der Waals surface area (Å²) in [5.74, 6) is -0.509. The normalized spacial score (nSPS) is 32.2. The van der Waals surface area contributed by atoms with Crippen LogP contribution in [0.4, 0.5) is 0 Å². The van der Waals surface area contributed by atoms with Gasteiger partial charge in [-0.1, -0.05) is 0 Å². The number of ether oxygens (including phenoxy) is 2. The summed E-state index contributed by atoms with van der Waals surface area (Å²) in [4.78, 5) is 0. The summed E-state index contributed by atoms with van der Waals surface area (Å²) in [7, 11) is 0. The lowest BCUT2D eigenvalue weighted by atomic mass is 10.1. The Hall–Kier alpha value is -0.120. The molecule has 0 amide bonds. The van der Waals surface area contributed by atoms with Crippen molar-refractivity contribution in [3.8, 4) is 0 Å². The van der Waals surface area contributed by atoms with Gasteiger partial charge in [0.25, 0.3) is 0 Å². The van der Waals surface area contributed by atoms with Crippen molar-refractivity contribution in [3.63, 3.8) is 0 Å². The zero-order chi connectivity index (χ0) is 7.95. The van der Waals surface area contributed by atoms with Crippen LogP contribution in [0.25, 0.3) is 0 Å². The van der Waals surface area contributed by atoms with Crippen molar-refractivity contribution in [1.82, 2.24) is 0 Å². The van der Waals surface area contributed by atoms with Gasteiger partial charge in [0.2, 0.25) is 0 Å². The van der Waals surface area contributed by atoms with Crippen molar-refractivity contribution in [1.29, 1.82) is 0 Å². The Morgan fingerprint density at radius 3 is 2.27 bits per heavy atom. The fourth-order valence-electron chi connectivity index (χ4n) is 1.58. The first-order valence-corrected chi connectivity index (χ1v) is 4.12. The molecule has 2 rings (SSSR count). The maximum absolute atomic E-state index is 9.59. The van der Waals surface area contributed by atoms with Crippen molar-refractivity contribution in [3.05, 3.63) is 0 Å². The lowest BCUT2D eigenvalue weighted by Gasteiger charge is -2.24. The maximum Gasteiger partial charge on any atom is 0.168 e. The second-order valence-electron chi connectivity index (χ2n) is 3.73. The van der Waals surface area contributed by atoms with Crippen LogP contribution in [-0.2, 0) is 9.47 Å². The summed E-state index contributed by atoms with van der Waals surface area (Å²) >= 11 is 0. The zero-order valence-electron chi connectivity index (χ0n) is 6.80. The fraction of sp³-hybridized carbons (Fsp3) is 1.00. The molecule has 11 heavy (non-hydrogen) atoms. The van der Waals surface area contributed by atoms with Crippen molar-refractivity contribution in [2.24, 2.45) is 0 Å². The standard InChI is InChI=1S/C8H14O3/c1-7(10-4-5-11-7)6-8(9)2-3-8/h9H,2-6H2,1H3. The van der Waals surface area contributed by atoms with Gasteiger partial charge in [-0.25, -0.2) is 0 Å². The summed E-state index contributed by atoms with van der Waals surface area (Å²) in [6.07, 6.45) is 2.42. The SMILES string of the molecule is CC1(CC2(O)CC2)OCCO1. The molecular weight excluding hydrogens is 144 g/mol. The van der Waals surface area contributed by atoms with E-state index in [1.165, 1.54) is 0 Å². The summed E-state index contributed by atoms with van der Waals surface area (Å²) < 4.78 is 10.7. The zero-order valence-corrected chi connectivity index (χ0v) is 6.80. The van der Waals surface area contributed by atoms with Crippen LogP contribution in [0.3, 0.4) is 0 Å². The average Bonchev–Trinajstić information content (AvgIpc) is 2.43. The molecule has 3 heteroatoms. The van der Waals surface area contributed by atoms with Crippen LogP contribution in [0.2, 0.25) is 0 Å². The Morgan fingerprint density at radius 1 is 1.27 bits per heavy atom. The fourth-order valence-corrected chi connectivity index (χ4v) is 1.58. The molecule has 64 valence electrons. The molecule has 0 aromatic heterocycles. The molecule has 1 aliphatic heterocycles.